The summed E-state index contributed by atoms with van der Waals surface area (Å²) in [4.78, 5) is 34.0. The first-order valence-corrected chi connectivity index (χ1v) is 11.4. The van der Waals surface area contributed by atoms with Gasteiger partial charge in [0.2, 0.25) is 5.91 Å². The van der Waals surface area contributed by atoms with Crippen LogP contribution in [0.25, 0.3) is 0 Å². The van der Waals surface area contributed by atoms with Crippen LogP contribution in [0.15, 0.2) is 42.6 Å². The maximum absolute atomic E-state index is 12.7. The highest BCUT2D eigenvalue weighted by Gasteiger charge is 2.35. The molecule has 1 aromatic heterocycles. The van der Waals surface area contributed by atoms with E-state index in [1.165, 1.54) is 0 Å². The van der Waals surface area contributed by atoms with Crippen LogP contribution in [0.5, 0.6) is 0 Å². The molecule has 4 heterocycles. The number of rotatable bonds is 5. The Kier molecular flexibility index (Phi) is 5.99. The maximum atomic E-state index is 12.7. The lowest BCUT2D eigenvalue weighted by Crippen LogP contribution is -2.38. The molecule has 3 aliphatic rings. The van der Waals surface area contributed by atoms with Crippen LogP contribution in [0.3, 0.4) is 0 Å². The Morgan fingerprint density at radius 2 is 1.97 bits per heavy atom. The van der Waals surface area contributed by atoms with Crippen molar-refractivity contribution in [3.8, 4) is 0 Å². The van der Waals surface area contributed by atoms with Crippen molar-refractivity contribution in [2.45, 2.75) is 13.1 Å². The first-order valence-electron chi connectivity index (χ1n) is 11.1. The quantitative estimate of drug-likeness (QED) is 0.674. The third-order valence-corrected chi connectivity index (χ3v) is 6.95. The fourth-order valence-corrected chi connectivity index (χ4v) is 5.07. The summed E-state index contributed by atoms with van der Waals surface area (Å²) >= 11 is 6.14. The van der Waals surface area contributed by atoms with Gasteiger partial charge < -0.3 is 20.1 Å². The van der Waals surface area contributed by atoms with E-state index in [4.69, 9.17) is 11.6 Å². The third kappa shape index (κ3) is 4.30. The fourth-order valence-electron chi connectivity index (χ4n) is 4.89. The van der Waals surface area contributed by atoms with Gasteiger partial charge in [-0.15, -0.1) is 0 Å². The summed E-state index contributed by atoms with van der Waals surface area (Å²) in [5.41, 5.74) is 1.03. The zero-order chi connectivity index (χ0) is 22.1. The van der Waals surface area contributed by atoms with Gasteiger partial charge in [0.05, 0.1) is 23.5 Å². The third-order valence-electron chi connectivity index (χ3n) is 6.62. The Morgan fingerprint density at radius 1 is 1.19 bits per heavy atom. The molecule has 1 aromatic carbocycles. The SMILES string of the molecule is O=C(Nc1ccccc1Cl)c1cnc2n1CCN(C(=O)/C=C/CN1C[C@H]3CNC[C@H]3C1)C2. The van der Waals surface area contributed by atoms with Gasteiger partial charge in [-0.2, -0.15) is 0 Å². The largest absolute Gasteiger partial charge is 0.330 e. The summed E-state index contributed by atoms with van der Waals surface area (Å²) in [6, 6.07) is 7.11. The van der Waals surface area contributed by atoms with Crippen molar-refractivity contribution in [2.24, 2.45) is 11.8 Å². The number of benzene rings is 1. The number of para-hydroxylation sites is 1. The topological polar surface area (TPSA) is 82.5 Å². The molecule has 2 saturated heterocycles. The molecule has 3 aliphatic heterocycles. The predicted octanol–water partition coefficient (Wildman–Crippen LogP) is 1.84. The number of carbonyl (C=O) groups excluding carboxylic acids is 2. The molecule has 2 N–H and O–H groups in total. The predicted molar refractivity (Wildman–Crippen MR) is 122 cm³/mol. The number of aromatic nitrogens is 2. The van der Waals surface area contributed by atoms with Crippen LogP contribution < -0.4 is 10.6 Å². The van der Waals surface area contributed by atoms with E-state index in [-0.39, 0.29) is 11.8 Å². The fraction of sp³-hybridized carbons (Fsp3) is 0.435. The normalized spacial score (nSPS) is 22.8. The van der Waals surface area contributed by atoms with Crippen LogP contribution in [0.4, 0.5) is 5.69 Å². The lowest BCUT2D eigenvalue weighted by atomic mass is 10.0. The van der Waals surface area contributed by atoms with Gasteiger partial charge in [-0.25, -0.2) is 4.98 Å². The molecule has 0 unspecified atom stereocenters. The molecular weight excluding hydrogens is 428 g/mol. The van der Waals surface area contributed by atoms with Gasteiger partial charge >= 0.3 is 0 Å². The molecule has 2 atom stereocenters. The van der Waals surface area contributed by atoms with Crippen molar-refractivity contribution < 1.29 is 9.59 Å². The number of fused-ring (bicyclic) bond motifs is 2. The van der Waals surface area contributed by atoms with Crippen molar-refractivity contribution in [3.63, 3.8) is 0 Å². The minimum absolute atomic E-state index is 0.0117. The summed E-state index contributed by atoms with van der Waals surface area (Å²) in [5.74, 6) is 1.94. The van der Waals surface area contributed by atoms with Gasteiger partial charge in [-0.1, -0.05) is 29.8 Å². The highest BCUT2D eigenvalue weighted by Crippen LogP contribution is 2.26. The van der Waals surface area contributed by atoms with Crippen LogP contribution in [0.1, 0.15) is 16.3 Å². The van der Waals surface area contributed by atoms with E-state index >= 15 is 0 Å². The van der Waals surface area contributed by atoms with Gasteiger partial charge in [-0.05, 0) is 37.1 Å². The molecule has 9 heteroatoms. The van der Waals surface area contributed by atoms with E-state index in [1.54, 1.807) is 29.3 Å². The first kappa shape index (κ1) is 21.2. The number of nitrogens with zero attached hydrogens (tertiary/aromatic N) is 4. The number of anilines is 1. The van der Waals surface area contributed by atoms with Gasteiger partial charge in [0.15, 0.2) is 0 Å². The number of imidazole rings is 1. The van der Waals surface area contributed by atoms with Gasteiger partial charge in [0.1, 0.15) is 11.5 Å². The number of nitrogens with one attached hydrogen (secondary N) is 2. The summed E-state index contributed by atoms with van der Waals surface area (Å²) < 4.78 is 1.87. The Hall–Kier alpha value is -2.68. The average molecular weight is 455 g/mol. The van der Waals surface area contributed by atoms with E-state index in [0.29, 0.717) is 41.9 Å². The second-order valence-corrected chi connectivity index (χ2v) is 9.11. The molecule has 0 radical (unpaired) electrons. The van der Waals surface area contributed by atoms with Crippen molar-refractivity contribution in [1.82, 2.24) is 24.7 Å². The lowest BCUT2D eigenvalue weighted by molar-refractivity contribution is -0.127. The molecule has 168 valence electrons. The zero-order valence-corrected chi connectivity index (χ0v) is 18.6. The van der Waals surface area contributed by atoms with Gasteiger partial charge in [-0.3, -0.25) is 14.5 Å². The molecule has 0 saturated carbocycles. The Labute approximate surface area is 192 Å². The number of hydrogen-bond donors (Lipinski definition) is 2. The highest BCUT2D eigenvalue weighted by atomic mass is 35.5. The Morgan fingerprint density at radius 3 is 2.75 bits per heavy atom. The van der Waals surface area contributed by atoms with Crippen LogP contribution in [0, 0.1) is 11.8 Å². The van der Waals surface area contributed by atoms with Crippen LogP contribution in [-0.4, -0.2) is 70.4 Å². The van der Waals surface area contributed by atoms with Crippen molar-refractivity contribution in [3.05, 3.63) is 59.2 Å². The minimum atomic E-state index is -0.262. The lowest BCUT2D eigenvalue weighted by Gasteiger charge is -2.27. The number of carbonyl (C=O) groups is 2. The summed E-state index contributed by atoms with van der Waals surface area (Å²) in [6.07, 6.45) is 5.21. The molecule has 2 fully saturated rings. The van der Waals surface area contributed by atoms with Gasteiger partial charge in [0.25, 0.3) is 5.91 Å². The van der Waals surface area contributed by atoms with Crippen molar-refractivity contribution in [1.29, 1.82) is 0 Å². The van der Waals surface area contributed by atoms with Crippen LogP contribution in [-0.2, 0) is 17.9 Å². The average Bonchev–Trinajstić information content (AvgIpc) is 3.49. The standard InChI is InChI=1S/C23H27ClN6O2/c24-18-4-1-2-5-19(18)27-23(32)20-12-26-21-15-29(8-9-30(20)21)22(31)6-3-7-28-13-16-10-25-11-17(16)14-28/h1-6,12,16-17,25H,7-11,13-15H2,(H,27,32)/b6-3+/t16-,17+. The monoisotopic (exact) mass is 454 g/mol. The first-order chi connectivity index (χ1) is 15.6. The molecule has 0 bridgehead atoms. The minimum Gasteiger partial charge on any atom is -0.330 e. The van der Waals surface area contributed by atoms with Gasteiger partial charge in [0, 0.05) is 38.8 Å². The number of amides is 2. The number of halogens is 1. The highest BCUT2D eigenvalue weighted by molar-refractivity contribution is 6.33. The zero-order valence-electron chi connectivity index (χ0n) is 17.8. The molecule has 5 rings (SSSR count). The molecule has 32 heavy (non-hydrogen) atoms. The molecule has 2 amide bonds. The number of likely N-dealkylation sites (tertiary alicyclic amines) is 1. The maximum Gasteiger partial charge on any atom is 0.273 e. The van der Waals surface area contributed by atoms with Crippen molar-refractivity contribution >= 4 is 29.1 Å². The summed E-state index contributed by atoms with van der Waals surface area (Å²) in [7, 11) is 0. The second-order valence-electron chi connectivity index (χ2n) is 8.70. The second kappa shape index (κ2) is 9.05. The van der Waals surface area contributed by atoms with E-state index in [0.717, 1.165) is 44.6 Å². The van der Waals surface area contributed by atoms with E-state index in [2.05, 4.69) is 20.5 Å². The number of hydrogen-bond acceptors (Lipinski definition) is 5. The molecule has 8 nitrogen and oxygen atoms in total. The Balaban J connectivity index is 1.16. The van der Waals surface area contributed by atoms with Crippen molar-refractivity contribution in [2.75, 3.05) is 44.6 Å². The van der Waals surface area contributed by atoms with E-state index in [1.807, 2.05) is 22.8 Å². The molecule has 2 aromatic rings. The van der Waals surface area contributed by atoms with Crippen LogP contribution >= 0.6 is 11.6 Å². The summed E-state index contributed by atoms with van der Waals surface area (Å²) in [5, 5.41) is 6.77. The molecule has 0 spiro atoms. The van der Waals surface area contributed by atoms with E-state index in [9.17, 15) is 9.59 Å². The molecular formula is C23H27ClN6O2. The van der Waals surface area contributed by atoms with E-state index < -0.39 is 0 Å². The molecule has 0 aliphatic carbocycles. The summed E-state index contributed by atoms with van der Waals surface area (Å²) in [6.45, 7) is 6.72. The Bertz CT molecular complexity index is 1040. The smallest absolute Gasteiger partial charge is 0.273 e. The van der Waals surface area contributed by atoms with Crippen LogP contribution in [0.2, 0.25) is 5.02 Å².